The first-order valence-corrected chi connectivity index (χ1v) is 8.03. The molecule has 1 heteroatoms. The maximum Gasteiger partial charge on any atom is 0.000708 e. The second-order valence-electron chi connectivity index (χ2n) is 6.24. The van der Waals surface area contributed by atoms with E-state index >= 15 is 0 Å². The summed E-state index contributed by atoms with van der Waals surface area (Å²) in [5.41, 5.74) is 1.55. The Labute approximate surface area is 119 Å². The Morgan fingerprint density at radius 2 is 2.00 bits per heavy atom. The molecule has 1 saturated heterocycles. The van der Waals surface area contributed by atoms with Gasteiger partial charge in [-0.05, 0) is 56.7 Å². The van der Waals surface area contributed by atoms with Crippen LogP contribution in [-0.2, 0) is 0 Å². The molecule has 0 amide bonds. The highest BCUT2D eigenvalue weighted by molar-refractivity contribution is 5.19. The lowest BCUT2D eigenvalue weighted by Gasteiger charge is -2.18. The fourth-order valence-electron chi connectivity index (χ4n) is 3.47. The van der Waals surface area contributed by atoms with Gasteiger partial charge in [0.05, 0.1) is 0 Å². The monoisotopic (exact) mass is 259 g/mol. The molecule has 0 saturated carbocycles. The molecule has 0 aromatic heterocycles. The van der Waals surface area contributed by atoms with Gasteiger partial charge in [0.2, 0.25) is 0 Å². The van der Waals surface area contributed by atoms with Crippen molar-refractivity contribution in [1.29, 1.82) is 0 Å². The number of hydrogen-bond donors (Lipinski definition) is 0. The van der Waals surface area contributed by atoms with Crippen molar-refractivity contribution >= 4 is 0 Å². The van der Waals surface area contributed by atoms with Gasteiger partial charge in [-0.3, -0.25) is 0 Å². The van der Waals surface area contributed by atoms with Crippen molar-refractivity contribution < 1.29 is 0 Å². The summed E-state index contributed by atoms with van der Waals surface area (Å²) in [4.78, 5) is 2.48. The molecule has 1 aromatic carbocycles. The van der Waals surface area contributed by atoms with Crippen molar-refractivity contribution in [3.05, 3.63) is 35.9 Å². The third-order valence-electron chi connectivity index (χ3n) is 4.56. The molecule has 1 nitrogen and oxygen atoms in total. The highest BCUT2D eigenvalue weighted by Crippen LogP contribution is 2.29. The zero-order valence-electron chi connectivity index (χ0n) is 12.6. The van der Waals surface area contributed by atoms with Crippen LogP contribution < -0.4 is 0 Å². The largest absolute Gasteiger partial charge is 0.306 e. The predicted molar refractivity (Wildman–Crippen MR) is 83.5 cm³/mol. The third kappa shape index (κ3) is 4.65. The van der Waals surface area contributed by atoms with Gasteiger partial charge in [0.1, 0.15) is 0 Å². The molecule has 1 aliphatic heterocycles. The standard InChI is InChI=1S/C18H29N/c1-3-8-17(18-10-5-4-6-11-18)12-7-9-16-13-14-19(2)15-16/h4-6,10-11,16-17H,3,7-9,12-15H2,1-2H3. The second-order valence-corrected chi connectivity index (χ2v) is 6.24. The number of benzene rings is 1. The summed E-state index contributed by atoms with van der Waals surface area (Å²) in [6.45, 7) is 4.94. The summed E-state index contributed by atoms with van der Waals surface area (Å²) in [6.07, 6.45) is 8.26. The van der Waals surface area contributed by atoms with Crippen molar-refractivity contribution in [1.82, 2.24) is 4.90 Å². The Morgan fingerprint density at radius 3 is 2.63 bits per heavy atom. The van der Waals surface area contributed by atoms with Crippen molar-refractivity contribution in [2.24, 2.45) is 5.92 Å². The van der Waals surface area contributed by atoms with Gasteiger partial charge in [-0.1, -0.05) is 50.1 Å². The van der Waals surface area contributed by atoms with E-state index in [-0.39, 0.29) is 0 Å². The summed E-state index contributed by atoms with van der Waals surface area (Å²) in [6, 6.07) is 11.1. The van der Waals surface area contributed by atoms with Crippen molar-refractivity contribution in [2.45, 2.75) is 51.4 Å². The molecule has 1 aromatic rings. The van der Waals surface area contributed by atoms with E-state index < -0.39 is 0 Å². The highest BCUT2D eigenvalue weighted by atomic mass is 15.1. The topological polar surface area (TPSA) is 3.24 Å². The minimum Gasteiger partial charge on any atom is -0.306 e. The maximum atomic E-state index is 2.48. The summed E-state index contributed by atoms with van der Waals surface area (Å²) in [7, 11) is 2.25. The van der Waals surface area contributed by atoms with Crippen molar-refractivity contribution in [3.8, 4) is 0 Å². The zero-order valence-corrected chi connectivity index (χ0v) is 12.6. The number of rotatable bonds is 7. The lowest BCUT2D eigenvalue weighted by Crippen LogP contribution is -2.14. The van der Waals surface area contributed by atoms with Crippen LogP contribution in [-0.4, -0.2) is 25.0 Å². The van der Waals surface area contributed by atoms with Crippen LogP contribution >= 0.6 is 0 Å². The summed E-state index contributed by atoms with van der Waals surface area (Å²) >= 11 is 0. The highest BCUT2D eigenvalue weighted by Gasteiger charge is 2.19. The summed E-state index contributed by atoms with van der Waals surface area (Å²) < 4.78 is 0. The van der Waals surface area contributed by atoms with Crippen LogP contribution in [0.5, 0.6) is 0 Å². The van der Waals surface area contributed by atoms with Gasteiger partial charge in [-0.2, -0.15) is 0 Å². The van der Waals surface area contributed by atoms with Crippen LogP contribution in [0.15, 0.2) is 30.3 Å². The van der Waals surface area contributed by atoms with E-state index in [4.69, 9.17) is 0 Å². The predicted octanol–water partition coefficient (Wildman–Crippen LogP) is 4.69. The average molecular weight is 259 g/mol. The Balaban J connectivity index is 1.77. The first-order chi connectivity index (χ1) is 9.29. The smallest absolute Gasteiger partial charge is 0.000708 e. The zero-order chi connectivity index (χ0) is 13.5. The van der Waals surface area contributed by atoms with Crippen LogP contribution in [0.1, 0.15) is 56.9 Å². The second kappa shape index (κ2) is 7.69. The van der Waals surface area contributed by atoms with E-state index in [2.05, 4.69) is 49.2 Å². The van der Waals surface area contributed by atoms with Gasteiger partial charge in [-0.15, -0.1) is 0 Å². The van der Waals surface area contributed by atoms with Gasteiger partial charge in [0, 0.05) is 6.54 Å². The molecule has 1 aliphatic rings. The van der Waals surface area contributed by atoms with Gasteiger partial charge in [0.25, 0.3) is 0 Å². The summed E-state index contributed by atoms with van der Waals surface area (Å²) in [5.74, 6) is 1.74. The van der Waals surface area contributed by atoms with E-state index in [1.165, 1.54) is 51.6 Å². The molecule has 1 heterocycles. The molecule has 0 N–H and O–H groups in total. The Bertz CT molecular complexity index is 346. The number of hydrogen-bond acceptors (Lipinski definition) is 1. The fourth-order valence-corrected chi connectivity index (χ4v) is 3.47. The minimum atomic E-state index is 0.783. The van der Waals surface area contributed by atoms with Crippen molar-refractivity contribution in [2.75, 3.05) is 20.1 Å². The number of nitrogens with zero attached hydrogens (tertiary/aromatic N) is 1. The van der Waals surface area contributed by atoms with Crippen LogP contribution in [0.4, 0.5) is 0 Å². The molecule has 1 fully saturated rings. The first kappa shape index (κ1) is 14.6. The first-order valence-electron chi connectivity index (χ1n) is 8.03. The molecule has 0 spiro atoms. The Hall–Kier alpha value is -0.820. The SMILES string of the molecule is CCCC(CCCC1CCN(C)C1)c1ccccc1. The van der Waals surface area contributed by atoms with E-state index in [9.17, 15) is 0 Å². The van der Waals surface area contributed by atoms with E-state index in [1.807, 2.05) is 0 Å². The molecule has 106 valence electrons. The lowest BCUT2D eigenvalue weighted by molar-refractivity contribution is 0.379. The molecule has 2 rings (SSSR count). The quantitative estimate of drug-likeness (QED) is 0.686. The van der Waals surface area contributed by atoms with Gasteiger partial charge in [-0.25, -0.2) is 0 Å². The fraction of sp³-hybridized carbons (Fsp3) is 0.667. The van der Waals surface area contributed by atoms with Crippen LogP contribution in [0.3, 0.4) is 0 Å². The minimum absolute atomic E-state index is 0.783. The molecular weight excluding hydrogens is 230 g/mol. The molecule has 0 radical (unpaired) electrons. The van der Waals surface area contributed by atoms with E-state index in [1.54, 1.807) is 5.56 Å². The van der Waals surface area contributed by atoms with Crippen molar-refractivity contribution in [3.63, 3.8) is 0 Å². The molecular formula is C18H29N. The molecule has 2 atom stereocenters. The van der Waals surface area contributed by atoms with Gasteiger partial charge in [0.15, 0.2) is 0 Å². The average Bonchev–Trinajstić information content (AvgIpc) is 2.84. The number of likely N-dealkylation sites (tertiary alicyclic amines) is 1. The Morgan fingerprint density at radius 1 is 1.21 bits per heavy atom. The molecule has 0 aliphatic carbocycles. The normalized spacial score (nSPS) is 21.7. The van der Waals surface area contributed by atoms with E-state index in [0.29, 0.717) is 0 Å². The van der Waals surface area contributed by atoms with Crippen LogP contribution in [0.25, 0.3) is 0 Å². The molecule has 0 bridgehead atoms. The Kier molecular flexibility index (Phi) is 5.91. The molecule has 2 unspecified atom stereocenters. The lowest BCUT2D eigenvalue weighted by atomic mass is 9.88. The van der Waals surface area contributed by atoms with Crippen LogP contribution in [0, 0.1) is 5.92 Å². The van der Waals surface area contributed by atoms with Gasteiger partial charge >= 0.3 is 0 Å². The van der Waals surface area contributed by atoms with Crippen LogP contribution in [0.2, 0.25) is 0 Å². The third-order valence-corrected chi connectivity index (χ3v) is 4.56. The molecule has 19 heavy (non-hydrogen) atoms. The van der Waals surface area contributed by atoms with Gasteiger partial charge < -0.3 is 4.90 Å². The summed E-state index contributed by atoms with van der Waals surface area (Å²) in [5, 5.41) is 0. The van der Waals surface area contributed by atoms with E-state index in [0.717, 1.165) is 11.8 Å². The maximum absolute atomic E-state index is 2.48.